The van der Waals surface area contributed by atoms with Crippen LogP contribution in [0.2, 0.25) is 0 Å². The van der Waals surface area contributed by atoms with E-state index in [4.69, 9.17) is 4.65 Å². The van der Waals surface area contributed by atoms with E-state index in [1.165, 1.54) is 22.3 Å². The zero-order valence-corrected chi connectivity index (χ0v) is 20.3. The van der Waals surface area contributed by atoms with E-state index in [1.807, 2.05) is 0 Å². The number of nitrogens with zero attached hydrogens (tertiary/aromatic N) is 3. The summed E-state index contributed by atoms with van der Waals surface area (Å²) in [6, 6.07) is 38.5. The average Bonchev–Trinajstić information content (AvgIpc) is 3.25. The highest BCUT2D eigenvalue weighted by Crippen LogP contribution is 2.50. The number of anilines is 4. The van der Waals surface area contributed by atoms with Gasteiger partial charge in [0.25, 0.3) is 5.82 Å². The molecule has 5 heteroatoms. The summed E-state index contributed by atoms with van der Waals surface area (Å²) < 4.78 is 9.24. The van der Waals surface area contributed by atoms with E-state index in [2.05, 4.69) is 144 Å². The van der Waals surface area contributed by atoms with Gasteiger partial charge in [0.2, 0.25) is 0 Å². The monoisotopic (exact) mass is 466 g/mol. The largest absolute Gasteiger partial charge is 0.755 e. The van der Waals surface area contributed by atoms with Crippen LogP contribution in [0.25, 0.3) is 22.3 Å². The Morgan fingerprint density at radius 2 is 1.17 bits per heavy atom. The maximum Gasteiger partial charge on any atom is 0.755 e. The molecule has 0 amide bonds. The smallest absolute Gasteiger partial charge is 0.502 e. The zero-order valence-electron chi connectivity index (χ0n) is 20.3. The van der Waals surface area contributed by atoms with Crippen LogP contribution < -0.4 is 18.8 Å². The number of para-hydroxylation sites is 3. The maximum absolute atomic E-state index is 7.05. The van der Waals surface area contributed by atoms with Gasteiger partial charge in [0.1, 0.15) is 17.1 Å². The molecule has 3 heterocycles. The molecule has 0 radical (unpaired) electrons. The van der Waals surface area contributed by atoms with Crippen LogP contribution in [-0.4, -0.2) is 7.19 Å². The van der Waals surface area contributed by atoms with Crippen LogP contribution in [0, 0.1) is 6.92 Å². The van der Waals surface area contributed by atoms with Gasteiger partial charge < -0.3 is 4.65 Å². The van der Waals surface area contributed by atoms with Gasteiger partial charge in [-0.25, -0.2) is 9.38 Å². The van der Waals surface area contributed by atoms with Gasteiger partial charge in [-0.3, -0.25) is 4.81 Å². The number of fused-ring (bicyclic) bond motifs is 9. The van der Waals surface area contributed by atoms with Crippen molar-refractivity contribution in [3.8, 4) is 28.0 Å². The standard InChI is InChI=1S/C31H25BN3O/c1-22-12-3-8-17-27(22)35-31-29(19-11-21-33(31)2)34-28-18-9-6-15-25(28)23-13-4-5-14-24(23)26-16-7-10-20-30(26)36-32(34)35/h3-21H,1-2H3/q+1. The van der Waals surface area contributed by atoms with Crippen LogP contribution in [0.15, 0.2) is 115 Å². The highest BCUT2D eigenvalue weighted by Gasteiger charge is 2.57. The fourth-order valence-corrected chi connectivity index (χ4v) is 5.60. The van der Waals surface area contributed by atoms with E-state index < -0.39 is 7.19 Å². The minimum atomic E-state index is -0.411. The summed E-state index contributed by atoms with van der Waals surface area (Å²) in [5.74, 6) is 1.96. The molecule has 0 bridgehead atoms. The number of rotatable bonds is 1. The molecule has 0 saturated carbocycles. The lowest BCUT2D eigenvalue weighted by atomic mass is 9.90. The number of pyridine rings is 1. The van der Waals surface area contributed by atoms with Crippen molar-refractivity contribution in [2.45, 2.75) is 6.92 Å². The van der Waals surface area contributed by atoms with E-state index in [-0.39, 0.29) is 0 Å². The first kappa shape index (κ1) is 20.8. The highest BCUT2D eigenvalue weighted by atomic mass is 16.5. The fourth-order valence-electron chi connectivity index (χ4n) is 5.60. The molecule has 36 heavy (non-hydrogen) atoms. The molecule has 0 unspecified atom stereocenters. The number of aryl methyl sites for hydroxylation is 2. The summed E-state index contributed by atoms with van der Waals surface area (Å²) in [6.07, 6.45) is 2.10. The predicted molar refractivity (Wildman–Crippen MR) is 147 cm³/mol. The van der Waals surface area contributed by atoms with E-state index in [1.54, 1.807) is 0 Å². The number of aromatic nitrogens is 1. The molecule has 7 rings (SSSR count). The van der Waals surface area contributed by atoms with Crippen molar-refractivity contribution in [3.63, 3.8) is 0 Å². The SMILES string of the molecule is Cc1ccccc1N1B2Oc3ccccc3-c3ccccc3-c3ccccc3N2c2ccc[n+](C)c21. The van der Waals surface area contributed by atoms with Crippen molar-refractivity contribution in [2.24, 2.45) is 7.05 Å². The molecule has 2 aliphatic heterocycles. The third-order valence-corrected chi connectivity index (χ3v) is 7.22. The first-order valence-corrected chi connectivity index (χ1v) is 12.3. The predicted octanol–water partition coefficient (Wildman–Crippen LogP) is 6.82. The Bertz CT molecular complexity index is 1630. The molecule has 5 aromatic rings. The Hall–Kier alpha value is -4.51. The van der Waals surface area contributed by atoms with Gasteiger partial charge in [0.15, 0.2) is 0 Å². The van der Waals surface area contributed by atoms with Gasteiger partial charge in [-0.2, -0.15) is 0 Å². The summed E-state index contributed by atoms with van der Waals surface area (Å²) in [5, 5.41) is 0. The van der Waals surface area contributed by atoms with Crippen molar-refractivity contribution < 1.29 is 9.22 Å². The van der Waals surface area contributed by atoms with Crippen molar-refractivity contribution in [2.75, 3.05) is 9.62 Å². The Morgan fingerprint density at radius 3 is 1.94 bits per heavy atom. The van der Waals surface area contributed by atoms with Crippen molar-refractivity contribution >= 4 is 30.1 Å². The Morgan fingerprint density at radius 1 is 0.583 bits per heavy atom. The molecule has 0 atom stereocenters. The molecule has 4 nitrogen and oxygen atoms in total. The molecule has 0 aliphatic carbocycles. The van der Waals surface area contributed by atoms with E-state index >= 15 is 0 Å². The molecule has 0 fully saturated rings. The van der Waals surface area contributed by atoms with Crippen molar-refractivity contribution in [1.82, 2.24) is 0 Å². The molecule has 0 saturated heterocycles. The summed E-state index contributed by atoms with van der Waals surface area (Å²) in [7, 11) is 1.69. The molecule has 1 aromatic heterocycles. The van der Waals surface area contributed by atoms with Crippen molar-refractivity contribution in [1.29, 1.82) is 0 Å². The lowest BCUT2D eigenvalue weighted by Gasteiger charge is -2.25. The van der Waals surface area contributed by atoms with Gasteiger partial charge in [0.05, 0.1) is 13.2 Å². The third kappa shape index (κ3) is 2.99. The minimum absolute atomic E-state index is 0.411. The summed E-state index contributed by atoms with van der Waals surface area (Å²) in [4.78, 5) is 4.67. The van der Waals surface area contributed by atoms with Crippen LogP contribution in [0.4, 0.5) is 22.9 Å². The lowest BCUT2D eigenvalue weighted by Crippen LogP contribution is -2.50. The molecule has 2 aliphatic rings. The highest BCUT2D eigenvalue weighted by molar-refractivity contribution is 6.68. The minimum Gasteiger partial charge on any atom is -0.502 e. The van der Waals surface area contributed by atoms with Crippen LogP contribution >= 0.6 is 0 Å². The lowest BCUT2D eigenvalue weighted by molar-refractivity contribution is -0.657. The maximum atomic E-state index is 7.05. The topological polar surface area (TPSA) is 19.6 Å². The summed E-state index contributed by atoms with van der Waals surface area (Å²) >= 11 is 0. The van der Waals surface area contributed by atoms with Gasteiger partial charge in [0, 0.05) is 16.8 Å². The second kappa shape index (κ2) is 8.03. The molecular weight excluding hydrogens is 441 g/mol. The molecule has 0 N–H and O–H groups in total. The molecule has 4 aromatic carbocycles. The summed E-state index contributed by atoms with van der Waals surface area (Å²) in [6.45, 7) is 2.16. The van der Waals surface area contributed by atoms with E-state index in [0.29, 0.717) is 0 Å². The molecule has 172 valence electrons. The van der Waals surface area contributed by atoms with Crippen LogP contribution in [-0.2, 0) is 7.05 Å². The Balaban J connectivity index is 1.59. The first-order chi connectivity index (χ1) is 17.7. The average molecular weight is 466 g/mol. The Labute approximate surface area is 211 Å². The number of hydrogen-bond acceptors (Lipinski definition) is 3. The summed E-state index contributed by atoms with van der Waals surface area (Å²) in [5.41, 5.74) is 9.19. The van der Waals surface area contributed by atoms with Gasteiger partial charge >= 0.3 is 7.19 Å². The fraction of sp³-hybridized carbons (Fsp3) is 0.0645. The van der Waals surface area contributed by atoms with Crippen LogP contribution in [0.5, 0.6) is 5.75 Å². The number of hydrogen-bond donors (Lipinski definition) is 0. The normalized spacial score (nSPS) is 13.3. The van der Waals surface area contributed by atoms with Crippen molar-refractivity contribution in [3.05, 3.63) is 121 Å². The Kier molecular flexibility index (Phi) is 4.64. The van der Waals surface area contributed by atoms with E-state index in [9.17, 15) is 0 Å². The third-order valence-electron chi connectivity index (χ3n) is 7.22. The van der Waals surface area contributed by atoms with Gasteiger partial charge in [-0.15, -0.1) is 0 Å². The van der Waals surface area contributed by atoms with E-state index in [0.717, 1.165) is 34.2 Å². The second-order valence-corrected chi connectivity index (χ2v) is 9.36. The van der Waals surface area contributed by atoms with Crippen LogP contribution in [0.1, 0.15) is 5.56 Å². The van der Waals surface area contributed by atoms with Crippen LogP contribution in [0.3, 0.4) is 0 Å². The zero-order chi connectivity index (χ0) is 24.2. The van der Waals surface area contributed by atoms with Gasteiger partial charge in [-0.05, 0) is 53.9 Å². The van der Waals surface area contributed by atoms with Gasteiger partial charge in [-0.1, -0.05) is 78.9 Å². The number of benzene rings is 4. The second-order valence-electron chi connectivity index (χ2n) is 9.36. The first-order valence-electron chi connectivity index (χ1n) is 12.3. The quantitative estimate of drug-likeness (QED) is 0.200. The molecule has 0 spiro atoms. The molecular formula is C31H25BN3O+.